The summed E-state index contributed by atoms with van der Waals surface area (Å²) in [5.41, 5.74) is 0.592. The minimum Gasteiger partial charge on any atom is -0.469 e. The Bertz CT molecular complexity index is 722. The molecular formula is C17H16N2O4S. The van der Waals surface area contributed by atoms with Crippen LogP contribution in [0.2, 0.25) is 0 Å². The number of aryl methyl sites for hydroxylation is 1. The van der Waals surface area contributed by atoms with E-state index in [-0.39, 0.29) is 18.8 Å². The van der Waals surface area contributed by atoms with Gasteiger partial charge in [-0.15, -0.1) is 11.8 Å². The van der Waals surface area contributed by atoms with Gasteiger partial charge in [0.1, 0.15) is 5.76 Å². The van der Waals surface area contributed by atoms with Gasteiger partial charge in [0.2, 0.25) is 0 Å². The van der Waals surface area contributed by atoms with E-state index < -0.39 is 11.9 Å². The Labute approximate surface area is 143 Å². The van der Waals surface area contributed by atoms with Crippen LogP contribution in [0.1, 0.15) is 12.2 Å². The number of amides is 1. The van der Waals surface area contributed by atoms with Gasteiger partial charge in [0.05, 0.1) is 30.2 Å². The van der Waals surface area contributed by atoms with Crippen LogP contribution in [0, 0.1) is 11.3 Å². The zero-order valence-corrected chi connectivity index (χ0v) is 13.7. The van der Waals surface area contributed by atoms with Gasteiger partial charge in [-0.3, -0.25) is 9.59 Å². The van der Waals surface area contributed by atoms with Crippen molar-refractivity contribution in [1.29, 1.82) is 5.26 Å². The second-order valence-corrected chi connectivity index (χ2v) is 5.75. The van der Waals surface area contributed by atoms with Crippen LogP contribution in [0.25, 0.3) is 0 Å². The van der Waals surface area contributed by atoms with E-state index in [0.717, 1.165) is 4.90 Å². The van der Waals surface area contributed by atoms with Gasteiger partial charge in [-0.05, 0) is 24.3 Å². The molecule has 1 amide bonds. The molecule has 0 atom stereocenters. The molecule has 0 aliphatic heterocycles. The number of esters is 1. The normalized spacial score (nSPS) is 9.96. The van der Waals surface area contributed by atoms with Crippen LogP contribution in [-0.2, 0) is 20.7 Å². The fourth-order valence-electron chi connectivity index (χ4n) is 1.89. The van der Waals surface area contributed by atoms with E-state index in [1.54, 1.807) is 24.3 Å². The Morgan fingerprint density at radius 3 is 2.83 bits per heavy atom. The highest BCUT2D eigenvalue weighted by atomic mass is 32.2. The summed E-state index contributed by atoms with van der Waals surface area (Å²) in [6.45, 7) is -0.353. The highest BCUT2D eigenvalue weighted by Gasteiger charge is 2.11. The van der Waals surface area contributed by atoms with E-state index in [0.29, 0.717) is 17.9 Å². The van der Waals surface area contributed by atoms with Crippen molar-refractivity contribution in [2.75, 3.05) is 17.7 Å². The lowest BCUT2D eigenvalue weighted by Crippen LogP contribution is -2.21. The summed E-state index contributed by atoms with van der Waals surface area (Å²) in [5.74, 6) is 0.0918. The number of nitrogens with one attached hydrogen (secondary N) is 1. The predicted octanol–water partition coefficient (Wildman–Crippen LogP) is 3.01. The number of para-hydroxylation sites is 1. The third-order valence-corrected chi connectivity index (χ3v) is 3.91. The fourth-order valence-corrected chi connectivity index (χ4v) is 2.56. The number of rotatable bonds is 8. The van der Waals surface area contributed by atoms with Gasteiger partial charge in [-0.1, -0.05) is 12.1 Å². The average Bonchev–Trinajstić information content (AvgIpc) is 3.11. The average molecular weight is 344 g/mol. The molecule has 0 spiro atoms. The molecule has 1 aromatic heterocycles. The Hall–Kier alpha value is -2.72. The number of carbonyl (C=O) groups is 2. The van der Waals surface area contributed by atoms with Crippen molar-refractivity contribution in [3.05, 3.63) is 48.4 Å². The van der Waals surface area contributed by atoms with Gasteiger partial charge in [0, 0.05) is 11.3 Å². The number of ether oxygens (including phenoxy) is 1. The van der Waals surface area contributed by atoms with Crippen molar-refractivity contribution in [3.63, 3.8) is 0 Å². The Morgan fingerprint density at radius 1 is 1.25 bits per heavy atom. The smallest absolute Gasteiger partial charge is 0.306 e. The summed E-state index contributed by atoms with van der Waals surface area (Å²) in [4.78, 5) is 24.3. The molecule has 0 unspecified atom stereocenters. The summed E-state index contributed by atoms with van der Waals surface area (Å²) in [7, 11) is 0. The van der Waals surface area contributed by atoms with Crippen molar-refractivity contribution in [3.8, 4) is 6.07 Å². The molecule has 0 fully saturated rings. The molecule has 124 valence electrons. The van der Waals surface area contributed by atoms with Crippen LogP contribution < -0.4 is 5.32 Å². The van der Waals surface area contributed by atoms with Crippen molar-refractivity contribution in [2.24, 2.45) is 0 Å². The molecule has 24 heavy (non-hydrogen) atoms. The molecule has 0 radical (unpaired) electrons. The SMILES string of the molecule is N#CCSc1ccccc1NC(=O)COC(=O)CCc1ccco1. The lowest BCUT2D eigenvalue weighted by molar-refractivity contribution is -0.147. The van der Waals surface area contributed by atoms with Gasteiger partial charge >= 0.3 is 5.97 Å². The summed E-state index contributed by atoms with van der Waals surface area (Å²) < 4.78 is 10.1. The van der Waals surface area contributed by atoms with Crippen LogP contribution in [0.3, 0.4) is 0 Å². The van der Waals surface area contributed by atoms with Crippen molar-refractivity contribution < 1.29 is 18.7 Å². The van der Waals surface area contributed by atoms with Gasteiger partial charge in [-0.25, -0.2) is 0 Å². The van der Waals surface area contributed by atoms with Gasteiger partial charge < -0.3 is 14.5 Å². The molecule has 2 rings (SSSR count). The van der Waals surface area contributed by atoms with E-state index in [1.807, 2.05) is 18.2 Å². The minimum absolute atomic E-state index is 0.148. The molecule has 1 N–H and O–H groups in total. The number of hydrogen-bond acceptors (Lipinski definition) is 6. The number of nitriles is 1. The first-order valence-corrected chi connectivity index (χ1v) is 8.24. The highest BCUT2D eigenvalue weighted by Crippen LogP contribution is 2.26. The van der Waals surface area contributed by atoms with E-state index >= 15 is 0 Å². The number of carbonyl (C=O) groups excluding carboxylic acids is 2. The zero-order valence-electron chi connectivity index (χ0n) is 12.9. The van der Waals surface area contributed by atoms with E-state index in [4.69, 9.17) is 14.4 Å². The van der Waals surface area contributed by atoms with Gasteiger partial charge in [0.15, 0.2) is 6.61 Å². The molecule has 6 nitrogen and oxygen atoms in total. The summed E-state index contributed by atoms with van der Waals surface area (Å²) in [6.07, 6.45) is 2.12. The number of thioether (sulfide) groups is 1. The zero-order chi connectivity index (χ0) is 17.2. The maximum absolute atomic E-state index is 11.9. The van der Waals surface area contributed by atoms with Gasteiger partial charge in [0.25, 0.3) is 5.91 Å². The number of nitrogens with zero attached hydrogens (tertiary/aromatic N) is 1. The number of anilines is 1. The molecule has 2 aromatic rings. The van der Waals surface area contributed by atoms with Crippen LogP contribution >= 0.6 is 11.8 Å². The van der Waals surface area contributed by atoms with E-state index in [2.05, 4.69) is 5.32 Å². The van der Waals surface area contributed by atoms with Crippen molar-refractivity contribution in [1.82, 2.24) is 0 Å². The van der Waals surface area contributed by atoms with Crippen LogP contribution in [-0.4, -0.2) is 24.2 Å². The number of hydrogen-bond donors (Lipinski definition) is 1. The lowest BCUT2D eigenvalue weighted by Gasteiger charge is -2.10. The summed E-state index contributed by atoms with van der Waals surface area (Å²) in [6, 6.07) is 12.7. The molecule has 0 bridgehead atoms. The third kappa shape index (κ3) is 5.82. The topological polar surface area (TPSA) is 92.3 Å². The van der Waals surface area contributed by atoms with Crippen molar-refractivity contribution >= 4 is 29.3 Å². The molecule has 0 saturated heterocycles. The molecule has 0 aliphatic rings. The summed E-state index contributed by atoms with van der Waals surface area (Å²) >= 11 is 1.33. The van der Waals surface area contributed by atoms with Crippen LogP contribution in [0.4, 0.5) is 5.69 Å². The van der Waals surface area contributed by atoms with Crippen LogP contribution in [0.5, 0.6) is 0 Å². The van der Waals surface area contributed by atoms with Gasteiger partial charge in [-0.2, -0.15) is 5.26 Å². The summed E-state index contributed by atoms with van der Waals surface area (Å²) in [5, 5.41) is 11.3. The quantitative estimate of drug-likeness (QED) is 0.584. The first-order valence-electron chi connectivity index (χ1n) is 7.25. The van der Waals surface area contributed by atoms with Crippen molar-refractivity contribution in [2.45, 2.75) is 17.7 Å². The highest BCUT2D eigenvalue weighted by molar-refractivity contribution is 7.99. The monoisotopic (exact) mass is 344 g/mol. The fraction of sp³-hybridized carbons (Fsp3) is 0.235. The molecule has 1 heterocycles. The van der Waals surface area contributed by atoms with E-state index in [9.17, 15) is 9.59 Å². The lowest BCUT2D eigenvalue weighted by atomic mass is 10.2. The van der Waals surface area contributed by atoms with E-state index in [1.165, 1.54) is 18.0 Å². The maximum Gasteiger partial charge on any atom is 0.306 e. The number of benzene rings is 1. The Balaban J connectivity index is 1.77. The molecule has 1 aromatic carbocycles. The Kier molecular flexibility index (Phi) is 6.92. The predicted molar refractivity (Wildman–Crippen MR) is 89.4 cm³/mol. The molecular weight excluding hydrogens is 328 g/mol. The first-order chi connectivity index (χ1) is 11.7. The Morgan fingerprint density at radius 2 is 2.08 bits per heavy atom. The third-order valence-electron chi connectivity index (χ3n) is 2.97. The second-order valence-electron chi connectivity index (χ2n) is 4.73. The second kappa shape index (κ2) is 9.43. The maximum atomic E-state index is 11.9. The molecule has 7 heteroatoms. The van der Waals surface area contributed by atoms with Crippen LogP contribution in [0.15, 0.2) is 52.0 Å². The first kappa shape index (κ1) is 17.6. The standard InChI is InChI=1S/C17H16N2O4S/c18-9-11-24-15-6-2-1-5-14(15)19-16(20)12-23-17(21)8-7-13-4-3-10-22-13/h1-6,10H,7-8,11-12H2,(H,19,20). The largest absolute Gasteiger partial charge is 0.469 e. The number of furan rings is 1. The molecule has 0 saturated carbocycles. The minimum atomic E-state index is -0.464. The molecule has 0 aliphatic carbocycles.